The van der Waals surface area contributed by atoms with Crippen molar-refractivity contribution in [3.05, 3.63) is 35.5 Å². The van der Waals surface area contributed by atoms with Gasteiger partial charge in [-0.3, -0.25) is 4.79 Å². The SMILES string of the molecule is C=CCn1c(CC23CC4CC(CC(C4)C2)C3)nnc1SCC(=O)Nc1sccc1C#N. The number of hydrogen-bond donors (Lipinski definition) is 1. The smallest absolute Gasteiger partial charge is 0.235 e. The number of amides is 1. The van der Waals surface area contributed by atoms with Gasteiger partial charge in [-0.25, -0.2) is 0 Å². The molecule has 2 aromatic rings. The van der Waals surface area contributed by atoms with E-state index in [1.807, 2.05) is 6.08 Å². The fraction of sp³-hybridized carbons (Fsp3) is 0.565. The van der Waals surface area contributed by atoms with E-state index in [-0.39, 0.29) is 11.7 Å². The van der Waals surface area contributed by atoms with Crippen molar-refractivity contribution in [1.82, 2.24) is 14.8 Å². The predicted octanol–water partition coefficient (Wildman–Crippen LogP) is 4.89. The van der Waals surface area contributed by atoms with Crippen LogP contribution in [0.1, 0.15) is 49.9 Å². The third-order valence-corrected chi connectivity index (χ3v) is 8.97. The standard InChI is InChI=1S/C23H27N5OS2/c1-2-4-28-19(12-23-9-15-6-16(10-23)8-17(7-15)11-23)26-27-22(28)31-14-20(29)25-21-18(13-24)3-5-30-21/h2-3,5,15-17H,1,4,6-12,14H2,(H,25,29). The van der Waals surface area contributed by atoms with Gasteiger partial charge in [0.05, 0.1) is 11.3 Å². The molecule has 4 aliphatic rings. The Bertz CT molecular complexity index is 998. The first kappa shape index (κ1) is 20.8. The molecule has 0 aromatic carbocycles. The molecule has 0 atom stereocenters. The lowest BCUT2D eigenvalue weighted by atomic mass is 9.49. The van der Waals surface area contributed by atoms with E-state index in [4.69, 9.17) is 5.26 Å². The molecule has 2 aromatic heterocycles. The van der Waals surface area contributed by atoms with Gasteiger partial charge in [0.25, 0.3) is 0 Å². The van der Waals surface area contributed by atoms with Gasteiger partial charge in [0.15, 0.2) is 5.16 Å². The van der Waals surface area contributed by atoms with Crippen LogP contribution in [0, 0.1) is 34.5 Å². The second-order valence-corrected chi connectivity index (χ2v) is 11.4. The van der Waals surface area contributed by atoms with Crippen LogP contribution in [0.3, 0.4) is 0 Å². The normalized spacial score (nSPS) is 28.4. The van der Waals surface area contributed by atoms with Crippen LogP contribution in [0.25, 0.3) is 0 Å². The molecule has 6 rings (SSSR count). The molecule has 1 N–H and O–H groups in total. The van der Waals surface area contributed by atoms with E-state index in [2.05, 4.69) is 32.7 Å². The Kier molecular flexibility index (Phi) is 5.65. The number of nitrogens with one attached hydrogen (secondary N) is 1. The molecule has 4 bridgehead atoms. The zero-order chi connectivity index (χ0) is 21.4. The second kappa shape index (κ2) is 8.44. The number of allylic oxidation sites excluding steroid dienone is 1. The third-order valence-electron chi connectivity index (χ3n) is 7.17. The van der Waals surface area contributed by atoms with Crippen LogP contribution in [0.2, 0.25) is 0 Å². The molecule has 0 spiro atoms. The average molecular weight is 454 g/mol. The predicted molar refractivity (Wildman–Crippen MR) is 123 cm³/mol. The van der Waals surface area contributed by atoms with Crippen LogP contribution in [-0.2, 0) is 17.8 Å². The summed E-state index contributed by atoms with van der Waals surface area (Å²) in [5.41, 5.74) is 0.892. The van der Waals surface area contributed by atoms with Gasteiger partial charge in [-0.05, 0) is 73.1 Å². The number of carbonyl (C=O) groups is 1. The van der Waals surface area contributed by atoms with Gasteiger partial charge in [-0.15, -0.1) is 28.1 Å². The molecular weight excluding hydrogens is 426 g/mol. The van der Waals surface area contributed by atoms with Crippen molar-refractivity contribution in [3.8, 4) is 6.07 Å². The lowest BCUT2D eigenvalue weighted by Crippen LogP contribution is -2.47. The highest BCUT2D eigenvalue weighted by Crippen LogP contribution is 2.61. The van der Waals surface area contributed by atoms with E-state index in [1.54, 1.807) is 11.4 Å². The molecule has 162 valence electrons. The Hall–Kier alpha value is -2.11. The van der Waals surface area contributed by atoms with E-state index >= 15 is 0 Å². The molecule has 0 radical (unpaired) electrons. The summed E-state index contributed by atoms with van der Waals surface area (Å²) in [6, 6.07) is 3.81. The number of nitrogens with zero attached hydrogens (tertiary/aromatic N) is 4. The molecule has 4 saturated carbocycles. The van der Waals surface area contributed by atoms with E-state index in [0.717, 1.165) is 35.2 Å². The van der Waals surface area contributed by atoms with E-state index in [9.17, 15) is 4.79 Å². The van der Waals surface area contributed by atoms with Gasteiger partial charge >= 0.3 is 0 Å². The van der Waals surface area contributed by atoms with Crippen LogP contribution in [0.5, 0.6) is 0 Å². The zero-order valence-electron chi connectivity index (χ0n) is 17.5. The minimum Gasteiger partial charge on any atom is -0.316 e. The molecule has 0 aliphatic heterocycles. The highest BCUT2D eigenvalue weighted by molar-refractivity contribution is 7.99. The topological polar surface area (TPSA) is 83.6 Å². The van der Waals surface area contributed by atoms with Crippen LogP contribution < -0.4 is 5.32 Å². The summed E-state index contributed by atoms with van der Waals surface area (Å²) in [5.74, 6) is 3.87. The number of thiophene rings is 1. The van der Waals surface area contributed by atoms with Crippen molar-refractivity contribution >= 4 is 34.0 Å². The molecule has 31 heavy (non-hydrogen) atoms. The van der Waals surface area contributed by atoms with Crippen LogP contribution in [0.15, 0.2) is 29.3 Å². The maximum Gasteiger partial charge on any atom is 0.235 e. The van der Waals surface area contributed by atoms with Gasteiger partial charge in [0.2, 0.25) is 5.91 Å². The number of nitriles is 1. The van der Waals surface area contributed by atoms with Crippen molar-refractivity contribution in [2.24, 2.45) is 23.2 Å². The fourth-order valence-electron chi connectivity index (χ4n) is 6.50. The Balaban J connectivity index is 1.27. The fourth-order valence-corrected chi connectivity index (χ4v) is 8.02. The summed E-state index contributed by atoms with van der Waals surface area (Å²) >= 11 is 2.76. The van der Waals surface area contributed by atoms with E-state index in [1.165, 1.54) is 61.6 Å². The lowest BCUT2D eigenvalue weighted by Gasteiger charge is -2.56. The van der Waals surface area contributed by atoms with Crippen molar-refractivity contribution in [2.45, 2.75) is 56.6 Å². The van der Waals surface area contributed by atoms with Crippen LogP contribution in [0.4, 0.5) is 5.00 Å². The minimum atomic E-state index is -0.139. The highest BCUT2D eigenvalue weighted by Gasteiger charge is 2.51. The number of anilines is 1. The minimum absolute atomic E-state index is 0.139. The first-order chi connectivity index (χ1) is 15.1. The summed E-state index contributed by atoms with van der Waals surface area (Å²) in [7, 11) is 0. The van der Waals surface area contributed by atoms with Crippen molar-refractivity contribution < 1.29 is 4.79 Å². The summed E-state index contributed by atoms with van der Waals surface area (Å²) in [4.78, 5) is 12.4. The average Bonchev–Trinajstić information content (AvgIpc) is 3.32. The Morgan fingerprint density at radius 2 is 2.03 bits per heavy atom. The Labute approximate surface area is 191 Å². The van der Waals surface area contributed by atoms with Gasteiger partial charge in [0, 0.05) is 13.0 Å². The first-order valence-corrected chi connectivity index (χ1v) is 12.9. The van der Waals surface area contributed by atoms with Gasteiger partial charge in [-0.2, -0.15) is 5.26 Å². The number of rotatable bonds is 8. The Morgan fingerprint density at radius 1 is 1.32 bits per heavy atom. The molecular formula is C23H27N5OS2. The molecule has 6 nitrogen and oxygen atoms in total. The number of carbonyl (C=O) groups excluding carboxylic acids is 1. The van der Waals surface area contributed by atoms with Crippen LogP contribution in [-0.4, -0.2) is 26.4 Å². The molecule has 2 heterocycles. The monoisotopic (exact) mass is 453 g/mol. The number of hydrogen-bond acceptors (Lipinski definition) is 6. The van der Waals surface area contributed by atoms with Crippen molar-refractivity contribution in [2.75, 3.05) is 11.1 Å². The zero-order valence-corrected chi connectivity index (χ0v) is 19.2. The summed E-state index contributed by atoms with van der Waals surface area (Å²) in [5, 5.41) is 24.1. The van der Waals surface area contributed by atoms with E-state index in [0.29, 0.717) is 22.5 Å². The lowest BCUT2D eigenvalue weighted by molar-refractivity contribution is -0.113. The van der Waals surface area contributed by atoms with Crippen molar-refractivity contribution in [3.63, 3.8) is 0 Å². The van der Waals surface area contributed by atoms with Gasteiger partial charge in [0.1, 0.15) is 16.9 Å². The molecule has 1 amide bonds. The quantitative estimate of drug-likeness (QED) is 0.455. The highest BCUT2D eigenvalue weighted by atomic mass is 32.2. The van der Waals surface area contributed by atoms with Crippen molar-refractivity contribution in [1.29, 1.82) is 5.26 Å². The molecule has 4 fully saturated rings. The maximum absolute atomic E-state index is 12.4. The third kappa shape index (κ3) is 4.18. The molecule has 0 saturated heterocycles. The number of aromatic nitrogens is 3. The largest absolute Gasteiger partial charge is 0.316 e. The van der Waals surface area contributed by atoms with Gasteiger partial charge in [-0.1, -0.05) is 17.8 Å². The molecule has 8 heteroatoms. The van der Waals surface area contributed by atoms with Crippen LogP contribution >= 0.6 is 23.1 Å². The maximum atomic E-state index is 12.4. The Morgan fingerprint density at radius 3 is 2.68 bits per heavy atom. The summed E-state index contributed by atoms with van der Waals surface area (Å²) in [6.45, 7) is 4.57. The first-order valence-electron chi connectivity index (χ1n) is 11.0. The summed E-state index contributed by atoms with van der Waals surface area (Å²) in [6.07, 6.45) is 11.2. The van der Waals surface area contributed by atoms with E-state index < -0.39 is 0 Å². The van der Waals surface area contributed by atoms with Gasteiger partial charge < -0.3 is 9.88 Å². The summed E-state index contributed by atoms with van der Waals surface area (Å²) < 4.78 is 2.13. The number of thioether (sulfide) groups is 1. The molecule has 4 aliphatic carbocycles. The second-order valence-electron chi connectivity index (χ2n) is 9.50. The molecule has 0 unspecified atom stereocenters.